The molecule has 0 spiro atoms. The van der Waals surface area contributed by atoms with E-state index in [0.717, 1.165) is 24.4 Å². The lowest BCUT2D eigenvalue weighted by molar-refractivity contribution is 0.225. The predicted octanol–water partition coefficient (Wildman–Crippen LogP) is 4.69. The number of hydrogen-bond donors (Lipinski definition) is 1. The molecule has 140 valence electrons. The standard InChI is InChI=1S/C15H25NOS.C6H8O/c1-4-6-11-16(12-7-5-2)14-9-8-10-15(13-14)18(3)17;7-6-4-2-1-3-5-6/h8-10,13H,4-7,11-12H2,1-3H3;1-4,6-7H,5H2. The lowest BCUT2D eigenvalue weighted by Gasteiger charge is -2.25. The maximum atomic E-state index is 11.5. The van der Waals surface area contributed by atoms with E-state index in [2.05, 4.69) is 30.9 Å². The van der Waals surface area contributed by atoms with Crippen molar-refractivity contribution in [2.45, 2.75) is 57.0 Å². The van der Waals surface area contributed by atoms with Crippen LogP contribution in [-0.4, -0.2) is 34.8 Å². The number of aliphatic hydroxyl groups excluding tert-OH is 1. The molecule has 0 saturated heterocycles. The number of allylic oxidation sites excluding steroid dienone is 2. The zero-order valence-electron chi connectivity index (χ0n) is 15.9. The Morgan fingerprint density at radius 3 is 2.28 bits per heavy atom. The van der Waals surface area contributed by atoms with Crippen LogP contribution in [-0.2, 0) is 10.8 Å². The van der Waals surface area contributed by atoms with Gasteiger partial charge in [0.25, 0.3) is 0 Å². The Hall–Kier alpha value is -1.39. The molecule has 0 aromatic heterocycles. The van der Waals surface area contributed by atoms with Gasteiger partial charge in [0, 0.05) is 40.7 Å². The van der Waals surface area contributed by atoms with Gasteiger partial charge in [0.1, 0.15) is 0 Å². The van der Waals surface area contributed by atoms with Crippen LogP contribution in [0.3, 0.4) is 0 Å². The number of unbranched alkanes of at least 4 members (excludes halogenated alkanes) is 2. The van der Waals surface area contributed by atoms with Gasteiger partial charge < -0.3 is 10.0 Å². The molecule has 25 heavy (non-hydrogen) atoms. The molecule has 1 aliphatic carbocycles. The Balaban J connectivity index is 0.000000370. The summed E-state index contributed by atoms with van der Waals surface area (Å²) in [5.41, 5.74) is 1.21. The van der Waals surface area contributed by atoms with Crippen LogP contribution in [0.2, 0.25) is 0 Å². The van der Waals surface area contributed by atoms with Crippen LogP contribution in [0.15, 0.2) is 53.5 Å². The van der Waals surface area contributed by atoms with Crippen LogP contribution < -0.4 is 4.90 Å². The van der Waals surface area contributed by atoms with Gasteiger partial charge in [0.05, 0.1) is 6.10 Å². The SMILES string of the molecule is CCCCN(CCCC)c1cccc(S(C)=O)c1.OC1C=CC=CC1. The smallest absolute Gasteiger partial charge is 0.0758 e. The zero-order chi connectivity index (χ0) is 18.5. The molecular weight excluding hydrogens is 330 g/mol. The second-order valence-electron chi connectivity index (χ2n) is 6.26. The maximum absolute atomic E-state index is 11.5. The molecule has 2 unspecified atom stereocenters. The van der Waals surface area contributed by atoms with Crippen molar-refractivity contribution in [1.29, 1.82) is 0 Å². The average Bonchev–Trinajstić information content (AvgIpc) is 2.63. The summed E-state index contributed by atoms with van der Waals surface area (Å²) in [4.78, 5) is 3.34. The number of hydrogen-bond acceptors (Lipinski definition) is 3. The van der Waals surface area contributed by atoms with E-state index in [1.807, 2.05) is 30.4 Å². The minimum atomic E-state index is -0.894. The second kappa shape index (κ2) is 12.9. The number of aliphatic hydroxyl groups is 1. The van der Waals surface area contributed by atoms with Gasteiger partial charge in [-0.25, -0.2) is 0 Å². The monoisotopic (exact) mass is 363 g/mol. The van der Waals surface area contributed by atoms with Crippen molar-refractivity contribution >= 4 is 16.5 Å². The molecule has 0 aliphatic heterocycles. The Morgan fingerprint density at radius 1 is 1.16 bits per heavy atom. The van der Waals surface area contributed by atoms with E-state index < -0.39 is 10.8 Å². The van der Waals surface area contributed by atoms with Gasteiger partial charge in [-0.15, -0.1) is 0 Å². The summed E-state index contributed by atoms with van der Waals surface area (Å²) < 4.78 is 11.5. The first kappa shape index (κ1) is 21.7. The number of benzene rings is 1. The van der Waals surface area contributed by atoms with Crippen LogP contribution in [0, 0.1) is 0 Å². The van der Waals surface area contributed by atoms with E-state index >= 15 is 0 Å². The summed E-state index contributed by atoms with van der Waals surface area (Å²) in [5, 5.41) is 8.77. The van der Waals surface area contributed by atoms with Gasteiger partial charge in [0.2, 0.25) is 0 Å². The fourth-order valence-corrected chi connectivity index (χ4v) is 3.05. The first-order valence-electron chi connectivity index (χ1n) is 9.28. The second-order valence-corrected chi connectivity index (χ2v) is 7.64. The van der Waals surface area contributed by atoms with Gasteiger partial charge >= 0.3 is 0 Å². The van der Waals surface area contributed by atoms with Crippen molar-refractivity contribution in [1.82, 2.24) is 0 Å². The molecule has 4 heteroatoms. The van der Waals surface area contributed by atoms with E-state index in [1.165, 1.54) is 31.4 Å². The molecule has 2 rings (SSSR count). The molecule has 0 fully saturated rings. The summed E-state index contributed by atoms with van der Waals surface area (Å²) in [6, 6.07) is 8.15. The van der Waals surface area contributed by atoms with Crippen molar-refractivity contribution in [2.75, 3.05) is 24.2 Å². The first-order valence-corrected chi connectivity index (χ1v) is 10.8. The van der Waals surface area contributed by atoms with Gasteiger partial charge in [0.15, 0.2) is 0 Å². The highest BCUT2D eigenvalue weighted by Crippen LogP contribution is 2.19. The lowest BCUT2D eigenvalue weighted by atomic mass is 10.1. The number of nitrogens with zero attached hydrogens (tertiary/aromatic N) is 1. The Morgan fingerprint density at radius 2 is 1.84 bits per heavy atom. The largest absolute Gasteiger partial charge is 0.389 e. The molecule has 2 atom stereocenters. The van der Waals surface area contributed by atoms with E-state index in [4.69, 9.17) is 5.11 Å². The molecule has 1 N–H and O–H groups in total. The summed E-state index contributed by atoms with van der Waals surface area (Å²) >= 11 is 0. The van der Waals surface area contributed by atoms with Crippen LogP contribution in [0.4, 0.5) is 5.69 Å². The molecule has 0 radical (unpaired) electrons. The van der Waals surface area contributed by atoms with Crippen LogP contribution in [0.25, 0.3) is 0 Å². The molecule has 3 nitrogen and oxygen atoms in total. The topological polar surface area (TPSA) is 40.5 Å². The molecule has 0 saturated carbocycles. The van der Waals surface area contributed by atoms with Crippen molar-refractivity contribution in [3.8, 4) is 0 Å². The quantitative estimate of drug-likeness (QED) is 0.728. The predicted molar refractivity (Wildman–Crippen MR) is 110 cm³/mol. The minimum absolute atomic E-state index is 0.231. The zero-order valence-corrected chi connectivity index (χ0v) is 16.7. The van der Waals surface area contributed by atoms with E-state index in [1.54, 1.807) is 12.3 Å². The van der Waals surface area contributed by atoms with E-state index in [9.17, 15) is 4.21 Å². The van der Waals surface area contributed by atoms with Crippen LogP contribution in [0.1, 0.15) is 46.0 Å². The number of rotatable bonds is 8. The normalized spacial score (nSPS) is 16.9. The first-order chi connectivity index (χ1) is 12.1. The lowest BCUT2D eigenvalue weighted by Crippen LogP contribution is -2.25. The highest BCUT2D eigenvalue weighted by molar-refractivity contribution is 7.84. The Kier molecular flexibility index (Phi) is 11.2. The molecular formula is C21H33NO2S. The summed E-state index contributed by atoms with van der Waals surface area (Å²) in [6.07, 6.45) is 14.6. The van der Waals surface area contributed by atoms with Crippen molar-refractivity contribution < 1.29 is 9.32 Å². The maximum Gasteiger partial charge on any atom is 0.0758 e. The third kappa shape index (κ3) is 9.03. The molecule has 1 aromatic carbocycles. The van der Waals surface area contributed by atoms with Crippen LogP contribution in [0.5, 0.6) is 0 Å². The van der Waals surface area contributed by atoms with Gasteiger partial charge in [-0.2, -0.15) is 0 Å². The van der Waals surface area contributed by atoms with Crippen molar-refractivity contribution in [3.63, 3.8) is 0 Å². The van der Waals surface area contributed by atoms with Gasteiger partial charge in [-0.3, -0.25) is 4.21 Å². The molecule has 1 aliphatic rings. The summed E-state index contributed by atoms with van der Waals surface area (Å²) in [6.45, 7) is 6.62. The highest BCUT2D eigenvalue weighted by atomic mass is 32.2. The minimum Gasteiger partial charge on any atom is -0.389 e. The van der Waals surface area contributed by atoms with Crippen molar-refractivity contribution in [3.05, 3.63) is 48.6 Å². The van der Waals surface area contributed by atoms with Crippen LogP contribution >= 0.6 is 0 Å². The van der Waals surface area contributed by atoms with Gasteiger partial charge in [-0.05, 0) is 37.5 Å². The van der Waals surface area contributed by atoms with E-state index in [-0.39, 0.29) is 6.10 Å². The average molecular weight is 364 g/mol. The summed E-state index contributed by atoms with van der Waals surface area (Å²) in [7, 11) is -0.894. The molecule has 0 bridgehead atoms. The fourth-order valence-electron chi connectivity index (χ4n) is 2.49. The Bertz CT molecular complexity index is 561. The molecule has 1 aromatic rings. The Labute approximate surface area is 155 Å². The van der Waals surface area contributed by atoms with Gasteiger partial charge in [-0.1, -0.05) is 57.1 Å². The fraction of sp³-hybridized carbons (Fsp3) is 0.524. The molecule has 0 heterocycles. The summed E-state index contributed by atoms with van der Waals surface area (Å²) in [5.74, 6) is 0. The number of anilines is 1. The third-order valence-electron chi connectivity index (χ3n) is 4.04. The third-order valence-corrected chi connectivity index (χ3v) is 4.95. The van der Waals surface area contributed by atoms with E-state index in [0.29, 0.717) is 0 Å². The highest BCUT2D eigenvalue weighted by Gasteiger charge is 2.07. The van der Waals surface area contributed by atoms with Crippen molar-refractivity contribution in [2.24, 2.45) is 0 Å². The molecule has 0 amide bonds.